The van der Waals surface area contributed by atoms with E-state index in [-0.39, 0.29) is 5.24 Å². The summed E-state index contributed by atoms with van der Waals surface area (Å²) >= 11 is 5.65. The first kappa shape index (κ1) is 11.4. The van der Waals surface area contributed by atoms with E-state index in [2.05, 4.69) is 24.3 Å². The molecule has 1 aromatic carbocycles. The fourth-order valence-corrected chi connectivity index (χ4v) is 2.17. The van der Waals surface area contributed by atoms with Gasteiger partial charge in [-0.15, -0.1) is 0 Å². The molecule has 0 saturated heterocycles. The van der Waals surface area contributed by atoms with E-state index in [0.29, 0.717) is 0 Å². The Morgan fingerprint density at radius 3 is 2.62 bits per heavy atom. The van der Waals surface area contributed by atoms with Crippen LogP contribution in [-0.4, -0.2) is 5.24 Å². The highest BCUT2D eigenvalue weighted by Crippen LogP contribution is 2.37. The third-order valence-electron chi connectivity index (χ3n) is 3.34. The largest absolute Gasteiger partial charge is 0.280 e. The highest BCUT2D eigenvalue weighted by molar-refractivity contribution is 6.65. The second kappa shape index (κ2) is 4.06. The molecule has 0 atom stereocenters. The molecular formula is C14H15ClO. The maximum absolute atomic E-state index is 11.4. The van der Waals surface area contributed by atoms with Gasteiger partial charge in [-0.1, -0.05) is 35.9 Å². The lowest BCUT2D eigenvalue weighted by atomic mass is 9.78. The number of aryl methyl sites for hydroxylation is 1. The second-order valence-corrected chi connectivity index (χ2v) is 5.11. The molecule has 1 aliphatic rings. The van der Waals surface area contributed by atoms with Gasteiger partial charge in [0.25, 0.3) is 0 Å². The predicted octanol–water partition coefficient (Wildman–Crippen LogP) is 3.81. The fourth-order valence-electron chi connectivity index (χ4n) is 2.05. The zero-order valence-corrected chi connectivity index (χ0v) is 10.3. The summed E-state index contributed by atoms with van der Waals surface area (Å²) in [6.45, 7) is 3.78. The number of allylic oxidation sites excluding steroid dienone is 1. The van der Waals surface area contributed by atoms with Crippen LogP contribution in [0.1, 0.15) is 31.4 Å². The van der Waals surface area contributed by atoms with Crippen molar-refractivity contribution in [2.24, 2.45) is 5.41 Å². The van der Waals surface area contributed by atoms with Gasteiger partial charge in [0.05, 0.1) is 5.41 Å². The summed E-state index contributed by atoms with van der Waals surface area (Å²) in [6.07, 6.45) is 4.02. The van der Waals surface area contributed by atoms with Crippen molar-refractivity contribution in [2.75, 3.05) is 0 Å². The third-order valence-corrected chi connectivity index (χ3v) is 3.82. The van der Waals surface area contributed by atoms with Crippen molar-refractivity contribution in [1.82, 2.24) is 0 Å². The standard InChI is InChI=1S/C14H15ClO/c1-14(2,13(15)16)12-8-7-10-5-3-4-6-11(10)9-12/h3-6,9H,7-8H2,1-2H3. The lowest BCUT2D eigenvalue weighted by Gasteiger charge is -2.27. The molecule has 0 spiro atoms. The van der Waals surface area contributed by atoms with Gasteiger partial charge in [-0.3, -0.25) is 4.79 Å². The van der Waals surface area contributed by atoms with Crippen molar-refractivity contribution in [3.8, 4) is 0 Å². The maximum atomic E-state index is 11.4. The first-order valence-corrected chi connectivity index (χ1v) is 5.88. The molecule has 0 saturated carbocycles. The number of benzene rings is 1. The summed E-state index contributed by atoms with van der Waals surface area (Å²) in [4.78, 5) is 11.4. The van der Waals surface area contributed by atoms with Crippen molar-refractivity contribution in [3.05, 3.63) is 41.0 Å². The van der Waals surface area contributed by atoms with Crippen LogP contribution in [0.2, 0.25) is 0 Å². The lowest BCUT2D eigenvalue weighted by Crippen LogP contribution is -2.24. The van der Waals surface area contributed by atoms with Gasteiger partial charge in [0.1, 0.15) is 0 Å². The van der Waals surface area contributed by atoms with Gasteiger partial charge < -0.3 is 0 Å². The molecule has 1 nitrogen and oxygen atoms in total. The van der Waals surface area contributed by atoms with Crippen LogP contribution in [0.3, 0.4) is 0 Å². The number of carbonyl (C=O) groups is 1. The Morgan fingerprint density at radius 2 is 1.94 bits per heavy atom. The number of hydrogen-bond acceptors (Lipinski definition) is 1. The van der Waals surface area contributed by atoms with E-state index in [1.54, 1.807) is 0 Å². The molecule has 0 aliphatic heterocycles. The van der Waals surface area contributed by atoms with Gasteiger partial charge in [-0.2, -0.15) is 0 Å². The Balaban J connectivity index is 2.41. The lowest BCUT2D eigenvalue weighted by molar-refractivity contribution is -0.117. The summed E-state index contributed by atoms with van der Waals surface area (Å²) in [6, 6.07) is 8.30. The molecule has 0 unspecified atom stereocenters. The summed E-state index contributed by atoms with van der Waals surface area (Å²) in [7, 11) is 0. The average molecular weight is 235 g/mol. The minimum atomic E-state index is -0.547. The van der Waals surface area contributed by atoms with E-state index in [1.807, 2.05) is 19.9 Å². The first-order chi connectivity index (χ1) is 7.51. The highest BCUT2D eigenvalue weighted by Gasteiger charge is 2.31. The smallest absolute Gasteiger partial charge is 0.231 e. The third kappa shape index (κ3) is 1.92. The number of carbonyl (C=O) groups excluding carboxylic acids is 1. The molecule has 0 heterocycles. The second-order valence-electron chi connectivity index (χ2n) is 4.77. The maximum Gasteiger partial charge on any atom is 0.231 e. The summed E-state index contributed by atoms with van der Waals surface area (Å²) < 4.78 is 0. The van der Waals surface area contributed by atoms with Crippen molar-refractivity contribution in [1.29, 1.82) is 0 Å². The minimum absolute atomic E-state index is 0.280. The molecular weight excluding hydrogens is 220 g/mol. The SMILES string of the molecule is CC(C)(C(=O)Cl)C1=Cc2ccccc2CC1. The number of hydrogen-bond donors (Lipinski definition) is 0. The Labute approximate surface area is 101 Å². The van der Waals surface area contributed by atoms with Crippen molar-refractivity contribution < 1.29 is 4.79 Å². The summed E-state index contributed by atoms with van der Waals surface area (Å²) in [5.41, 5.74) is 3.15. The molecule has 2 heteroatoms. The first-order valence-electron chi connectivity index (χ1n) is 5.50. The minimum Gasteiger partial charge on any atom is -0.280 e. The number of rotatable bonds is 2. The Kier molecular flexibility index (Phi) is 2.90. The molecule has 1 aromatic rings. The van der Waals surface area contributed by atoms with Crippen molar-refractivity contribution in [3.63, 3.8) is 0 Å². The Hall–Kier alpha value is -1.08. The Bertz CT molecular complexity index is 458. The highest BCUT2D eigenvalue weighted by atomic mass is 35.5. The van der Waals surface area contributed by atoms with Gasteiger partial charge in [-0.05, 0) is 49.4 Å². The zero-order chi connectivity index (χ0) is 11.8. The molecule has 0 N–H and O–H groups in total. The molecule has 0 radical (unpaired) electrons. The normalized spacial score (nSPS) is 15.3. The monoisotopic (exact) mass is 234 g/mol. The fraction of sp³-hybridized carbons (Fsp3) is 0.357. The molecule has 0 fully saturated rings. The van der Waals surface area contributed by atoms with E-state index < -0.39 is 5.41 Å². The van der Waals surface area contributed by atoms with Crippen LogP contribution in [0.5, 0.6) is 0 Å². The van der Waals surface area contributed by atoms with E-state index >= 15 is 0 Å². The quantitative estimate of drug-likeness (QED) is 0.712. The van der Waals surface area contributed by atoms with Gasteiger partial charge in [-0.25, -0.2) is 0 Å². The van der Waals surface area contributed by atoms with E-state index in [1.165, 1.54) is 11.1 Å². The van der Waals surface area contributed by atoms with Gasteiger partial charge in [0.2, 0.25) is 5.24 Å². The topological polar surface area (TPSA) is 17.1 Å². The molecule has 2 rings (SSSR count). The number of fused-ring (bicyclic) bond motifs is 1. The zero-order valence-electron chi connectivity index (χ0n) is 9.59. The van der Waals surface area contributed by atoms with Crippen LogP contribution < -0.4 is 0 Å². The molecule has 0 bridgehead atoms. The van der Waals surface area contributed by atoms with Crippen LogP contribution in [0.15, 0.2) is 29.8 Å². The predicted molar refractivity (Wildman–Crippen MR) is 67.4 cm³/mol. The van der Waals surface area contributed by atoms with E-state index in [9.17, 15) is 4.79 Å². The van der Waals surface area contributed by atoms with Crippen LogP contribution in [0.4, 0.5) is 0 Å². The van der Waals surface area contributed by atoms with Crippen LogP contribution in [-0.2, 0) is 11.2 Å². The van der Waals surface area contributed by atoms with Gasteiger partial charge in [0, 0.05) is 0 Å². The van der Waals surface area contributed by atoms with Crippen LogP contribution >= 0.6 is 11.6 Å². The van der Waals surface area contributed by atoms with Crippen molar-refractivity contribution >= 4 is 22.9 Å². The summed E-state index contributed by atoms with van der Waals surface area (Å²) in [5.74, 6) is 0. The number of halogens is 1. The van der Waals surface area contributed by atoms with E-state index in [0.717, 1.165) is 18.4 Å². The van der Waals surface area contributed by atoms with Crippen LogP contribution in [0, 0.1) is 5.41 Å². The molecule has 1 aliphatic carbocycles. The van der Waals surface area contributed by atoms with Crippen molar-refractivity contribution in [2.45, 2.75) is 26.7 Å². The molecule has 16 heavy (non-hydrogen) atoms. The van der Waals surface area contributed by atoms with Gasteiger partial charge in [0.15, 0.2) is 0 Å². The summed E-state index contributed by atoms with van der Waals surface area (Å²) in [5, 5.41) is -0.280. The van der Waals surface area contributed by atoms with Crippen LogP contribution in [0.25, 0.3) is 6.08 Å². The molecule has 0 aromatic heterocycles. The van der Waals surface area contributed by atoms with Gasteiger partial charge >= 0.3 is 0 Å². The molecule has 0 amide bonds. The Morgan fingerprint density at radius 1 is 1.25 bits per heavy atom. The molecule has 84 valence electrons. The van der Waals surface area contributed by atoms with E-state index in [4.69, 9.17) is 11.6 Å². The average Bonchev–Trinajstić information content (AvgIpc) is 2.28.